The van der Waals surface area contributed by atoms with Crippen molar-refractivity contribution in [3.63, 3.8) is 0 Å². The maximum Gasteiger partial charge on any atom is 0.266 e. The van der Waals surface area contributed by atoms with Crippen LogP contribution in [-0.2, 0) is 4.79 Å². The number of aromatic nitrogens is 1. The van der Waals surface area contributed by atoms with Crippen LogP contribution < -0.4 is 5.32 Å². The average molecular weight is 467 g/mol. The van der Waals surface area contributed by atoms with Gasteiger partial charge in [0.2, 0.25) is 5.91 Å². The van der Waals surface area contributed by atoms with Gasteiger partial charge in [0.05, 0.1) is 18.0 Å². The Bertz CT molecular complexity index is 1230. The number of likely N-dealkylation sites (tertiary alicyclic amines) is 1. The van der Waals surface area contributed by atoms with E-state index in [2.05, 4.69) is 10.3 Å². The van der Waals surface area contributed by atoms with Crippen molar-refractivity contribution in [2.45, 2.75) is 26.2 Å². The maximum absolute atomic E-state index is 14.6. The maximum atomic E-state index is 14.6. The summed E-state index contributed by atoms with van der Waals surface area (Å²) in [5.41, 5.74) is 3.43. The molecule has 2 amide bonds. The summed E-state index contributed by atoms with van der Waals surface area (Å²) in [7, 11) is 0. The molecular weight excluding hydrogens is 443 g/mol. The van der Waals surface area contributed by atoms with Crippen LogP contribution in [0.15, 0.2) is 60.9 Å². The van der Waals surface area contributed by atoms with Gasteiger partial charge in [-0.25, -0.2) is 13.2 Å². The van der Waals surface area contributed by atoms with Gasteiger partial charge in [0.1, 0.15) is 5.82 Å². The molecular formula is C26H24F3N3O2. The molecule has 1 aliphatic heterocycles. The SMILES string of the molecule is Cc1ccc(NC(=O)C2CN(C(=O)c3cc(-c4ccncc4)ccc3F)CC(F)(F)C2)cc1C. The third-order valence-electron chi connectivity index (χ3n) is 6.05. The molecule has 1 saturated heterocycles. The number of alkyl halides is 2. The first kappa shape index (κ1) is 23.5. The standard InChI is InChI=1S/C26H24F3N3O2/c1-16-3-5-21(11-17(16)2)31-24(33)20-13-26(28,29)15-32(14-20)25(34)22-12-19(4-6-23(22)27)18-7-9-30-10-8-18/h3-12,20H,13-15H2,1-2H3,(H,31,33). The van der Waals surface area contributed by atoms with Crippen molar-refractivity contribution in [1.82, 2.24) is 9.88 Å². The number of amides is 2. The number of carbonyl (C=O) groups is 2. The van der Waals surface area contributed by atoms with E-state index in [-0.39, 0.29) is 12.1 Å². The number of piperidine rings is 1. The lowest BCUT2D eigenvalue weighted by molar-refractivity contribution is -0.130. The first-order valence-corrected chi connectivity index (χ1v) is 10.9. The molecule has 0 bridgehead atoms. The molecule has 3 aromatic rings. The molecule has 34 heavy (non-hydrogen) atoms. The van der Waals surface area contributed by atoms with Crippen molar-refractivity contribution in [2.75, 3.05) is 18.4 Å². The zero-order valence-corrected chi connectivity index (χ0v) is 18.8. The molecule has 1 N–H and O–H groups in total. The van der Waals surface area contributed by atoms with Crippen molar-refractivity contribution in [2.24, 2.45) is 5.92 Å². The van der Waals surface area contributed by atoms with E-state index >= 15 is 0 Å². The quantitative estimate of drug-likeness (QED) is 0.571. The molecule has 2 aromatic carbocycles. The van der Waals surface area contributed by atoms with Gasteiger partial charge in [0.25, 0.3) is 11.8 Å². The molecule has 1 fully saturated rings. The summed E-state index contributed by atoms with van der Waals surface area (Å²) in [6.07, 6.45) is 2.43. The first-order valence-electron chi connectivity index (χ1n) is 10.9. The molecule has 4 rings (SSSR count). The molecule has 176 valence electrons. The second-order valence-electron chi connectivity index (χ2n) is 8.66. The molecule has 0 aliphatic carbocycles. The van der Waals surface area contributed by atoms with Crippen LogP contribution in [0.4, 0.5) is 18.9 Å². The van der Waals surface area contributed by atoms with Gasteiger partial charge >= 0.3 is 0 Å². The number of hydrogen-bond donors (Lipinski definition) is 1. The van der Waals surface area contributed by atoms with Gasteiger partial charge in [-0.3, -0.25) is 14.6 Å². The van der Waals surface area contributed by atoms with Gasteiger partial charge in [0.15, 0.2) is 0 Å². The summed E-state index contributed by atoms with van der Waals surface area (Å²) in [5, 5.41) is 2.67. The smallest absolute Gasteiger partial charge is 0.266 e. The predicted molar refractivity (Wildman–Crippen MR) is 123 cm³/mol. The van der Waals surface area contributed by atoms with Gasteiger partial charge < -0.3 is 10.2 Å². The van der Waals surface area contributed by atoms with E-state index < -0.39 is 42.4 Å². The number of pyridine rings is 1. The monoisotopic (exact) mass is 467 g/mol. The number of anilines is 1. The number of nitrogens with one attached hydrogen (secondary N) is 1. The summed E-state index contributed by atoms with van der Waals surface area (Å²) >= 11 is 0. The minimum Gasteiger partial charge on any atom is -0.332 e. The van der Waals surface area contributed by atoms with E-state index in [0.29, 0.717) is 16.8 Å². The van der Waals surface area contributed by atoms with Crippen LogP contribution in [0.5, 0.6) is 0 Å². The largest absolute Gasteiger partial charge is 0.332 e. The Morgan fingerprint density at radius 2 is 1.74 bits per heavy atom. The van der Waals surface area contributed by atoms with Crippen LogP contribution in [0.25, 0.3) is 11.1 Å². The molecule has 5 nitrogen and oxygen atoms in total. The van der Waals surface area contributed by atoms with E-state index in [4.69, 9.17) is 0 Å². The zero-order valence-electron chi connectivity index (χ0n) is 18.8. The lowest BCUT2D eigenvalue weighted by Gasteiger charge is -2.37. The summed E-state index contributed by atoms with van der Waals surface area (Å²) < 4.78 is 43.7. The van der Waals surface area contributed by atoms with E-state index in [1.165, 1.54) is 12.1 Å². The van der Waals surface area contributed by atoms with Crippen molar-refractivity contribution in [1.29, 1.82) is 0 Å². The minimum absolute atomic E-state index is 0.232. The van der Waals surface area contributed by atoms with Crippen molar-refractivity contribution >= 4 is 17.5 Å². The highest BCUT2D eigenvalue weighted by molar-refractivity contribution is 5.97. The van der Waals surface area contributed by atoms with E-state index in [1.807, 2.05) is 19.9 Å². The molecule has 8 heteroatoms. The fourth-order valence-electron chi connectivity index (χ4n) is 4.08. The molecule has 1 aliphatic rings. The van der Waals surface area contributed by atoms with Crippen molar-refractivity contribution in [3.8, 4) is 11.1 Å². The minimum atomic E-state index is -3.28. The van der Waals surface area contributed by atoms with E-state index in [9.17, 15) is 22.8 Å². The number of hydrogen-bond acceptors (Lipinski definition) is 3. The van der Waals surface area contributed by atoms with Crippen LogP contribution in [-0.4, -0.2) is 40.7 Å². The van der Waals surface area contributed by atoms with Gasteiger partial charge in [-0.2, -0.15) is 0 Å². The van der Waals surface area contributed by atoms with Gasteiger partial charge in [-0.15, -0.1) is 0 Å². The molecule has 0 radical (unpaired) electrons. The Kier molecular flexibility index (Phi) is 6.41. The molecule has 1 unspecified atom stereocenters. The Balaban J connectivity index is 1.56. The molecule has 0 saturated carbocycles. The fraction of sp³-hybridized carbons (Fsp3) is 0.269. The third kappa shape index (κ3) is 5.11. The molecule has 1 atom stereocenters. The summed E-state index contributed by atoms with van der Waals surface area (Å²) in [5.74, 6) is -6.71. The third-order valence-corrected chi connectivity index (χ3v) is 6.05. The number of rotatable bonds is 4. The zero-order chi connectivity index (χ0) is 24.5. The number of aryl methyl sites for hydroxylation is 2. The highest BCUT2D eigenvalue weighted by Crippen LogP contribution is 2.33. The van der Waals surface area contributed by atoms with E-state index in [1.54, 1.807) is 36.7 Å². The Hall–Kier alpha value is -3.68. The Labute approximate surface area is 195 Å². The first-order chi connectivity index (χ1) is 16.1. The van der Waals surface area contributed by atoms with Gasteiger partial charge in [0, 0.05) is 31.0 Å². The van der Waals surface area contributed by atoms with Crippen molar-refractivity contribution in [3.05, 3.63) is 83.4 Å². The van der Waals surface area contributed by atoms with Crippen molar-refractivity contribution < 1.29 is 22.8 Å². The van der Waals surface area contributed by atoms with Crippen LogP contribution in [0.2, 0.25) is 0 Å². The summed E-state index contributed by atoms with van der Waals surface area (Å²) in [6.45, 7) is 2.70. The summed E-state index contributed by atoms with van der Waals surface area (Å²) in [4.78, 5) is 30.7. The number of nitrogens with zero attached hydrogens (tertiary/aromatic N) is 2. The highest BCUT2D eigenvalue weighted by atomic mass is 19.3. The van der Waals surface area contributed by atoms with Crippen LogP contribution in [0.3, 0.4) is 0 Å². The van der Waals surface area contributed by atoms with Crippen LogP contribution >= 0.6 is 0 Å². The van der Waals surface area contributed by atoms with Gasteiger partial charge in [-0.05, 0) is 72.5 Å². The number of benzene rings is 2. The average Bonchev–Trinajstić information content (AvgIpc) is 2.81. The van der Waals surface area contributed by atoms with Crippen LogP contribution in [0, 0.1) is 25.6 Å². The normalized spacial score (nSPS) is 17.3. The molecule has 0 spiro atoms. The lowest BCUT2D eigenvalue weighted by atomic mass is 9.93. The second-order valence-corrected chi connectivity index (χ2v) is 8.66. The number of carbonyl (C=O) groups excluding carboxylic acids is 2. The number of halogens is 3. The Morgan fingerprint density at radius 1 is 1.00 bits per heavy atom. The topological polar surface area (TPSA) is 62.3 Å². The van der Waals surface area contributed by atoms with Gasteiger partial charge in [-0.1, -0.05) is 12.1 Å². The molecule has 1 aromatic heterocycles. The Morgan fingerprint density at radius 3 is 2.44 bits per heavy atom. The summed E-state index contributed by atoms with van der Waals surface area (Å²) in [6, 6.07) is 12.7. The fourth-order valence-corrected chi connectivity index (χ4v) is 4.08. The van der Waals surface area contributed by atoms with E-state index in [0.717, 1.165) is 22.1 Å². The molecule has 2 heterocycles. The van der Waals surface area contributed by atoms with Crippen LogP contribution in [0.1, 0.15) is 27.9 Å². The second kappa shape index (κ2) is 9.29. The highest BCUT2D eigenvalue weighted by Gasteiger charge is 2.45. The predicted octanol–water partition coefficient (Wildman–Crippen LogP) is 5.24. The lowest BCUT2D eigenvalue weighted by Crippen LogP contribution is -2.52.